The van der Waals surface area contributed by atoms with Crippen molar-refractivity contribution in [3.8, 4) is 0 Å². The van der Waals surface area contributed by atoms with Crippen LogP contribution in [0.25, 0.3) is 10.9 Å². The second-order valence-corrected chi connectivity index (χ2v) is 5.87. The Kier molecular flexibility index (Phi) is 2.96. The van der Waals surface area contributed by atoms with Crippen LogP contribution in [-0.2, 0) is 16.8 Å². The van der Waals surface area contributed by atoms with Crippen molar-refractivity contribution in [1.29, 1.82) is 0 Å². The zero-order chi connectivity index (χ0) is 15.0. The second kappa shape index (κ2) is 4.98. The normalized spacial score (nSPS) is 15.6. The van der Waals surface area contributed by atoms with Crippen LogP contribution in [0.4, 0.5) is 0 Å². The lowest BCUT2D eigenvalue weighted by Gasteiger charge is -2.15. The highest BCUT2D eigenvalue weighted by Gasteiger charge is 2.52. The number of benzene rings is 1. The van der Waals surface area contributed by atoms with Crippen molar-refractivity contribution in [3.63, 3.8) is 0 Å². The van der Waals surface area contributed by atoms with Crippen LogP contribution >= 0.6 is 0 Å². The number of amides is 1. The first-order chi connectivity index (χ1) is 10.8. The second-order valence-electron chi connectivity index (χ2n) is 5.87. The molecule has 1 aliphatic rings. The summed E-state index contributed by atoms with van der Waals surface area (Å²) in [6.07, 6.45) is 7.33. The lowest BCUT2D eigenvalue weighted by Crippen LogP contribution is -2.34. The molecule has 4 nitrogen and oxygen atoms in total. The van der Waals surface area contributed by atoms with Gasteiger partial charge in [-0.05, 0) is 36.1 Å². The highest BCUT2D eigenvalue weighted by atomic mass is 16.2. The number of fused-ring (bicyclic) bond motifs is 1. The van der Waals surface area contributed by atoms with Crippen molar-refractivity contribution in [1.82, 2.24) is 15.3 Å². The van der Waals surface area contributed by atoms with E-state index in [0.717, 1.165) is 34.9 Å². The molecule has 0 aliphatic heterocycles. The van der Waals surface area contributed by atoms with Crippen molar-refractivity contribution in [2.75, 3.05) is 0 Å². The summed E-state index contributed by atoms with van der Waals surface area (Å²) in [6, 6.07) is 12.0. The monoisotopic (exact) mass is 291 g/mol. The topological polar surface area (TPSA) is 57.8 Å². The van der Waals surface area contributed by atoms with E-state index in [2.05, 4.69) is 21.4 Å². The molecular weight excluding hydrogens is 274 g/mol. The SMILES string of the molecule is O=C(NCc1cccnc1)C1(c2c[nH]c3ccccc23)CC1. The van der Waals surface area contributed by atoms with Crippen LogP contribution < -0.4 is 5.32 Å². The summed E-state index contributed by atoms with van der Waals surface area (Å²) < 4.78 is 0. The van der Waals surface area contributed by atoms with Crippen molar-refractivity contribution < 1.29 is 4.79 Å². The minimum Gasteiger partial charge on any atom is -0.361 e. The Morgan fingerprint density at radius 3 is 2.86 bits per heavy atom. The number of aromatic nitrogens is 2. The molecule has 0 bridgehead atoms. The molecule has 0 unspecified atom stereocenters. The van der Waals surface area contributed by atoms with Gasteiger partial charge in [0.25, 0.3) is 0 Å². The van der Waals surface area contributed by atoms with Crippen molar-refractivity contribution in [2.24, 2.45) is 0 Å². The van der Waals surface area contributed by atoms with E-state index < -0.39 is 0 Å². The number of rotatable bonds is 4. The van der Waals surface area contributed by atoms with Crippen LogP contribution in [-0.4, -0.2) is 15.9 Å². The molecule has 0 spiro atoms. The number of aromatic amines is 1. The number of para-hydroxylation sites is 1. The highest BCUT2D eigenvalue weighted by molar-refractivity contribution is 5.97. The summed E-state index contributed by atoms with van der Waals surface area (Å²) in [4.78, 5) is 20.0. The minimum absolute atomic E-state index is 0.112. The molecule has 1 fully saturated rings. The van der Waals surface area contributed by atoms with Gasteiger partial charge >= 0.3 is 0 Å². The molecular formula is C18H17N3O. The van der Waals surface area contributed by atoms with Gasteiger partial charge < -0.3 is 10.3 Å². The van der Waals surface area contributed by atoms with E-state index in [1.165, 1.54) is 0 Å². The van der Waals surface area contributed by atoms with Gasteiger partial charge in [0.2, 0.25) is 5.91 Å². The molecule has 0 atom stereocenters. The molecule has 2 heterocycles. The molecule has 110 valence electrons. The van der Waals surface area contributed by atoms with E-state index in [9.17, 15) is 4.79 Å². The molecule has 1 aliphatic carbocycles. The fraction of sp³-hybridized carbons (Fsp3) is 0.222. The first-order valence-electron chi connectivity index (χ1n) is 7.53. The maximum Gasteiger partial charge on any atom is 0.231 e. The number of nitrogens with zero attached hydrogens (tertiary/aromatic N) is 1. The Bertz CT molecular complexity index is 818. The molecule has 22 heavy (non-hydrogen) atoms. The van der Waals surface area contributed by atoms with Gasteiger partial charge in [0, 0.05) is 36.0 Å². The molecule has 1 amide bonds. The van der Waals surface area contributed by atoms with Gasteiger partial charge in [0.15, 0.2) is 0 Å². The quantitative estimate of drug-likeness (QED) is 0.776. The maximum absolute atomic E-state index is 12.7. The fourth-order valence-corrected chi connectivity index (χ4v) is 3.07. The molecule has 4 rings (SSSR count). The summed E-state index contributed by atoms with van der Waals surface area (Å²) in [5.74, 6) is 0.112. The lowest BCUT2D eigenvalue weighted by atomic mass is 9.94. The van der Waals surface area contributed by atoms with Gasteiger partial charge in [0.1, 0.15) is 0 Å². The van der Waals surface area contributed by atoms with Crippen molar-refractivity contribution in [3.05, 3.63) is 66.1 Å². The zero-order valence-electron chi connectivity index (χ0n) is 12.2. The van der Waals surface area contributed by atoms with Crippen LogP contribution in [0.2, 0.25) is 0 Å². The highest BCUT2D eigenvalue weighted by Crippen LogP contribution is 2.50. The fourth-order valence-electron chi connectivity index (χ4n) is 3.07. The molecule has 0 radical (unpaired) electrons. The van der Waals surface area contributed by atoms with Crippen LogP contribution in [0.1, 0.15) is 24.0 Å². The summed E-state index contributed by atoms with van der Waals surface area (Å²) in [7, 11) is 0. The largest absolute Gasteiger partial charge is 0.361 e. The molecule has 1 saturated carbocycles. The third-order valence-corrected chi connectivity index (χ3v) is 4.47. The van der Waals surface area contributed by atoms with E-state index in [1.807, 2.05) is 36.5 Å². The number of hydrogen-bond acceptors (Lipinski definition) is 2. The summed E-state index contributed by atoms with van der Waals surface area (Å²) in [5, 5.41) is 4.21. The Labute approximate surface area is 128 Å². The van der Waals surface area contributed by atoms with Crippen molar-refractivity contribution >= 4 is 16.8 Å². The predicted molar refractivity (Wildman–Crippen MR) is 85.3 cm³/mol. The van der Waals surface area contributed by atoms with Crippen LogP contribution in [0, 0.1) is 0 Å². The van der Waals surface area contributed by atoms with Crippen LogP contribution in [0.15, 0.2) is 55.0 Å². The number of carbonyl (C=O) groups excluding carboxylic acids is 1. The van der Waals surface area contributed by atoms with Crippen LogP contribution in [0.3, 0.4) is 0 Å². The molecule has 4 heteroatoms. The number of hydrogen-bond donors (Lipinski definition) is 2. The Morgan fingerprint density at radius 1 is 1.23 bits per heavy atom. The number of H-pyrrole nitrogens is 1. The van der Waals surface area contributed by atoms with E-state index in [1.54, 1.807) is 12.4 Å². The van der Waals surface area contributed by atoms with Crippen LogP contribution in [0.5, 0.6) is 0 Å². The predicted octanol–water partition coefficient (Wildman–Crippen LogP) is 2.91. The van der Waals surface area contributed by atoms with E-state index in [0.29, 0.717) is 6.54 Å². The lowest BCUT2D eigenvalue weighted by molar-refractivity contribution is -0.123. The zero-order valence-corrected chi connectivity index (χ0v) is 12.2. The summed E-state index contributed by atoms with van der Waals surface area (Å²) in [6.45, 7) is 0.525. The van der Waals surface area contributed by atoms with Gasteiger partial charge in [-0.25, -0.2) is 0 Å². The number of carbonyl (C=O) groups is 1. The van der Waals surface area contributed by atoms with Gasteiger partial charge in [-0.1, -0.05) is 24.3 Å². The Hall–Kier alpha value is -2.62. The third-order valence-electron chi connectivity index (χ3n) is 4.47. The van der Waals surface area contributed by atoms with E-state index >= 15 is 0 Å². The maximum atomic E-state index is 12.7. The summed E-state index contributed by atoms with van der Waals surface area (Å²) >= 11 is 0. The van der Waals surface area contributed by atoms with Crippen molar-refractivity contribution in [2.45, 2.75) is 24.8 Å². The number of pyridine rings is 1. The van der Waals surface area contributed by atoms with Gasteiger partial charge in [-0.2, -0.15) is 0 Å². The molecule has 2 aromatic heterocycles. The Balaban J connectivity index is 1.57. The van der Waals surface area contributed by atoms with Gasteiger partial charge in [0.05, 0.1) is 5.41 Å². The third kappa shape index (κ3) is 2.08. The Morgan fingerprint density at radius 2 is 2.09 bits per heavy atom. The average Bonchev–Trinajstić information content (AvgIpc) is 3.26. The van der Waals surface area contributed by atoms with E-state index in [4.69, 9.17) is 0 Å². The molecule has 3 aromatic rings. The van der Waals surface area contributed by atoms with E-state index in [-0.39, 0.29) is 11.3 Å². The minimum atomic E-state index is -0.359. The average molecular weight is 291 g/mol. The molecule has 1 aromatic carbocycles. The summed E-state index contributed by atoms with van der Waals surface area (Å²) in [5.41, 5.74) is 2.86. The first kappa shape index (κ1) is 13.1. The standard InChI is InChI=1S/C18H17N3O/c22-17(21-11-13-4-3-9-19-10-13)18(7-8-18)15-12-20-16-6-2-1-5-14(15)16/h1-6,9-10,12,20H,7-8,11H2,(H,21,22). The van der Waals surface area contributed by atoms with Gasteiger partial charge in [-0.15, -0.1) is 0 Å². The van der Waals surface area contributed by atoms with Gasteiger partial charge in [-0.3, -0.25) is 9.78 Å². The smallest absolute Gasteiger partial charge is 0.231 e. The molecule has 0 saturated heterocycles. The first-order valence-corrected chi connectivity index (χ1v) is 7.53. The number of nitrogens with one attached hydrogen (secondary N) is 2. The molecule has 2 N–H and O–H groups in total.